The SMILES string of the molecule is CCCCOC(=O)C(CCC)N(C)B(C)OCC. The summed E-state index contributed by atoms with van der Waals surface area (Å²) in [6.07, 6.45) is 3.72. The molecule has 0 aliphatic rings. The van der Waals surface area contributed by atoms with E-state index in [2.05, 4.69) is 13.8 Å². The molecule has 0 heterocycles. The highest BCUT2D eigenvalue weighted by molar-refractivity contribution is 6.47. The Morgan fingerprint density at radius 1 is 1.28 bits per heavy atom. The van der Waals surface area contributed by atoms with Crippen molar-refractivity contribution in [3.8, 4) is 0 Å². The number of hydrogen-bond acceptors (Lipinski definition) is 4. The molecular formula is C13H28BNO3. The fraction of sp³-hybridized carbons (Fsp3) is 0.923. The molecule has 0 saturated carbocycles. The lowest BCUT2D eigenvalue weighted by molar-refractivity contribution is -0.148. The second kappa shape index (κ2) is 10.4. The number of carbonyl (C=O) groups is 1. The predicted molar refractivity (Wildman–Crippen MR) is 75.6 cm³/mol. The summed E-state index contributed by atoms with van der Waals surface area (Å²) in [5.41, 5.74) is 0. The average Bonchev–Trinajstić information content (AvgIpc) is 2.35. The third-order valence-corrected chi connectivity index (χ3v) is 3.05. The van der Waals surface area contributed by atoms with Crippen LogP contribution in [0.25, 0.3) is 0 Å². The first-order valence-electron chi connectivity index (χ1n) is 7.08. The second-order valence-electron chi connectivity index (χ2n) is 4.55. The largest absolute Gasteiger partial charge is 0.465 e. The van der Waals surface area contributed by atoms with Crippen LogP contribution in [0.5, 0.6) is 0 Å². The van der Waals surface area contributed by atoms with Crippen molar-refractivity contribution in [1.29, 1.82) is 0 Å². The van der Waals surface area contributed by atoms with Crippen molar-refractivity contribution in [3.63, 3.8) is 0 Å². The van der Waals surface area contributed by atoms with E-state index >= 15 is 0 Å². The Bertz CT molecular complexity index is 226. The van der Waals surface area contributed by atoms with Crippen LogP contribution in [-0.2, 0) is 14.2 Å². The van der Waals surface area contributed by atoms with Gasteiger partial charge in [0, 0.05) is 6.61 Å². The van der Waals surface area contributed by atoms with E-state index in [-0.39, 0.29) is 19.1 Å². The highest BCUT2D eigenvalue weighted by atomic mass is 16.5. The van der Waals surface area contributed by atoms with Gasteiger partial charge in [0.05, 0.1) is 6.61 Å². The molecule has 0 N–H and O–H groups in total. The van der Waals surface area contributed by atoms with Gasteiger partial charge in [0.2, 0.25) is 0 Å². The molecule has 1 atom stereocenters. The minimum absolute atomic E-state index is 0.0646. The molecule has 106 valence electrons. The minimum atomic E-state index is -0.201. The number of carbonyl (C=O) groups excluding carboxylic acids is 1. The number of likely N-dealkylation sites (N-methyl/N-ethyl adjacent to an activating group) is 1. The summed E-state index contributed by atoms with van der Waals surface area (Å²) >= 11 is 0. The van der Waals surface area contributed by atoms with Crippen molar-refractivity contribution in [3.05, 3.63) is 0 Å². The zero-order chi connectivity index (χ0) is 14.0. The lowest BCUT2D eigenvalue weighted by atomic mass is 9.82. The molecule has 0 bridgehead atoms. The maximum atomic E-state index is 12.0. The molecule has 5 heteroatoms. The average molecular weight is 257 g/mol. The molecule has 0 amide bonds. The quantitative estimate of drug-likeness (QED) is 0.342. The van der Waals surface area contributed by atoms with Crippen LogP contribution < -0.4 is 0 Å². The Hall–Kier alpha value is -0.545. The molecule has 0 aromatic rings. The van der Waals surface area contributed by atoms with Crippen LogP contribution in [0.2, 0.25) is 6.82 Å². The third-order valence-electron chi connectivity index (χ3n) is 3.05. The maximum Gasteiger partial charge on any atom is 0.379 e. The molecule has 0 aromatic heterocycles. The molecule has 18 heavy (non-hydrogen) atoms. The smallest absolute Gasteiger partial charge is 0.379 e. The summed E-state index contributed by atoms with van der Waals surface area (Å²) in [4.78, 5) is 14.0. The van der Waals surface area contributed by atoms with E-state index in [9.17, 15) is 4.79 Å². The fourth-order valence-electron chi connectivity index (χ4n) is 1.79. The minimum Gasteiger partial charge on any atom is -0.465 e. The summed E-state index contributed by atoms with van der Waals surface area (Å²) in [6.45, 7) is 9.25. The molecule has 0 rings (SSSR count). The van der Waals surface area contributed by atoms with Crippen LogP contribution in [0.1, 0.15) is 46.5 Å². The third kappa shape index (κ3) is 6.40. The standard InChI is InChI=1S/C13H28BNO3/c1-6-9-11-17-13(16)12(10-7-2)15(5)14(4)18-8-3/h12H,6-11H2,1-5H3. The lowest BCUT2D eigenvalue weighted by Crippen LogP contribution is -2.48. The van der Waals surface area contributed by atoms with E-state index in [1.807, 2.05) is 25.6 Å². The van der Waals surface area contributed by atoms with Crippen LogP contribution >= 0.6 is 0 Å². The molecule has 4 nitrogen and oxygen atoms in total. The van der Waals surface area contributed by atoms with Crippen LogP contribution in [0.15, 0.2) is 0 Å². The summed E-state index contributed by atoms with van der Waals surface area (Å²) in [5.74, 6) is -0.126. The Labute approximate surface area is 112 Å². The predicted octanol–water partition coefficient (Wildman–Crippen LogP) is 2.58. The monoisotopic (exact) mass is 257 g/mol. The normalized spacial score (nSPS) is 12.6. The van der Waals surface area contributed by atoms with Gasteiger partial charge in [-0.2, -0.15) is 0 Å². The molecule has 1 unspecified atom stereocenters. The Balaban J connectivity index is 4.37. The molecule has 0 fully saturated rings. The number of rotatable bonds is 10. The van der Waals surface area contributed by atoms with Gasteiger partial charge in [-0.3, -0.25) is 4.79 Å². The van der Waals surface area contributed by atoms with Gasteiger partial charge in [-0.25, -0.2) is 0 Å². The van der Waals surface area contributed by atoms with Gasteiger partial charge in [0.25, 0.3) is 0 Å². The van der Waals surface area contributed by atoms with Crippen molar-refractivity contribution in [2.75, 3.05) is 20.3 Å². The van der Waals surface area contributed by atoms with E-state index in [4.69, 9.17) is 9.39 Å². The zero-order valence-corrected chi connectivity index (χ0v) is 12.6. The molecule has 0 aliphatic heterocycles. The van der Waals surface area contributed by atoms with Gasteiger partial charge in [0.1, 0.15) is 6.04 Å². The fourth-order valence-corrected chi connectivity index (χ4v) is 1.79. The van der Waals surface area contributed by atoms with Gasteiger partial charge in [-0.1, -0.05) is 26.7 Å². The highest BCUT2D eigenvalue weighted by Gasteiger charge is 2.29. The number of hydrogen-bond donors (Lipinski definition) is 0. The molecule has 0 aromatic carbocycles. The molecule has 0 aliphatic carbocycles. The first-order chi connectivity index (χ1) is 8.58. The topological polar surface area (TPSA) is 38.8 Å². The van der Waals surface area contributed by atoms with Crippen LogP contribution in [-0.4, -0.2) is 44.1 Å². The van der Waals surface area contributed by atoms with Crippen LogP contribution in [0.4, 0.5) is 0 Å². The Morgan fingerprint density at radius 3 is 2.44 bits per heavy atom. The molecular weight excluding hydrogens is 229 g/mol. The Morgan fingerprint density at radius 2 is 1.94 bits per heavy atom. The Kier molecular flexibility index (Phi) is 10.1. The maximum absolute atomic E-state index is 12.0. The first-order valence-corrected chi connectivity index (χ1v) is 7.08. The molecule has 0 radical (unpaired) electrons. The van der Waals surface area contributed by atoms with Gasteiger partial charge < -0.3 is 14.2 Å². The highest BCUT2D eigenvalue weighted by Crippen LogP contribution is 2.10. The van der Waals surface area contributed by atoms with Gasteiger partial charge in [-0.15, -0.1) is 0 Å². The summed E-state index contributed by atoms with van der Waals surface area (Å²) in [7, 11) is 1.85. The number of esters is 1. The van der Waals surface area contributed by atoms with E-state index in [1.54, 1.807) is 0 Å². The van der Waals surface area contributed by atoms with Crippen LogP contribution in [0, 0.1) is 0 Å². The second-order valence-corrected chi connectivity index (χ2v) is 4.55. The summed E-state index contributed by atoms with van der Waals surface area (Å²) < 4.78 is 10.8. The van der Waals surface area contributed by atoms with Crippen LogP contribution in [0.3, 0.4) is 0 Å². The van der Waals surface area contributed by atoms with Gasteiger partial charge >= 0.3 is 13.0 Å². The van der Waals surface area contributed by atoms with Crippen molar-refractivity contribution >= 4 is 13.0 Å². The molecule has 0 spiro atoms. The lowest BCUT2D eigenvalue weighted by Gasteiger charge is -2.29. The van der Waals surface area contributed by atoms with E-state index in [1.165, 1.54) is 0 Å². The van der Waals surface area contributed by atoms with E-state index < -0.39 is 0 Å². The van der Waals surface area contributed by atoms with Gasteiger partial charge in [-0.05, 0) is 33.6 Å². The van der Waals surface area contributed by atoms with Crippen molar-refractivity contribution in [1.82, 2.24) is 4.81 Å². The van der Waals surface area contributed by atoms with Crippen molar-refractivity contribution in [2.45, 2.75) is 59.3 Å². The van der Waals surface area contributed by atoms with Gasteiger partial charge in [0.15, 0.2) is 0 Å². The zero-order valence-electron chi connectivity index (χ0n) is 12.6. The summed E-state index contributed by atoms with van der Waals surface area (Å²) in [6, 6.07) is -0.201. The van der Waals surface area contributed by atoms with E-state index in [0.29, 0.717) is 13.2 Å². The first kappa shape index (κ1) is 17.5. The van der Waals surface area contributed by atoms with Crippen molar-refractivity contribution < 1.29 is 14.2 Å². The van der Waals surface area contributed by atoms with Crippen molar-refractivity contribution in [2.24, 2.45) is 0 Å². The number of nitrogens with zero attached hydrogens (tertiary/aromatic N) is 1. The molecule has 0 saturated heterocycles. The van der Waals surface area contributed by atoms with E-state index in [0.717, 1.165) is 25.7 Å². The summed E-state index contributed by atoms with van der Waals surface area (Å²) in [5, 5.41) is 0. The number of unbranched alkanes of at least 4 members (excludes halogenated alkanes) is 1. The number of ether oxygens (including phenoxy) is 1.